The number of rotatable bonds is 10. The molecule has 8 heteroatoms. The number of hydrogen-bond donors (Lipinski definition) is 1. The van der Waals surface area contributed by atoms with Crippen molar-refractivity contribution in [3.63, 3.8) is 0 Å². The van der Waals surface area contributed by atoms with Gasteiger partial charge in [-0.25, -0.2) is 0 Å². The molecule has 5 rings (SSSR count). The normalized spacial score (nSPS) is 13.2. The van der Waals surface area contributed by atoms with Gasteiger partial charge in [0, 0.05) is 25.3 Å². The molecule has 1 N–H and O–H groups in total. The van der Waals surface area contributed by atoms with Crippen LogP contribution in [0.4, 0.5) is 11.4 Å². The summed E-state index contributed by atoms with van der Waals surface area (Å²) in [6.07, 6.45) is 2.95. The first-order valence-electron chi connectivity index (χ1n) is 12.5. The zero-order valence-electron chi connectivity index (χ0n) is 21.6. The molecule has 0 saturated carbocycles. The summed E-state index contributed by atoms with van der Waals surface area (Å²) in [5, 5.41) is 12.1. The fraction of sp³-hybridized carbons (Fsp3) is 0.310. The Kier molecular flexibility index (Phi) is 7.56. The average Bonchev–Trinajstić information content (AvgIpc) is 3.38. The number of fused-ring (bicyclic) bond motifs is 1. The lowest BCUT2D eigenvalue weighted by molar-refractivity contribution is 0.238. The van der Waals surface area contributed by atoms with Gasteiger partial charge in [0.25, 0.3) is 0 Å². The molecule has 0 saturated heterocycles. The van der Waals surface area contributed by atoms with E-state index in [-0.39, 0.29) is 0 Å². The maximum Gasteiger partial charge on any atom is 0.161 e. The number of ether oxygens (including phenoxy) is 3. The minimum Gasteiger partial charge on any atom is -0.493 e. The SMILES string of the molecule is COc1cc2c(cc1OC)CN(CCn1cc(COc3ccccc3Nc3cccc(C)c3)nn1)CC2. The summed E-state index contributed by atoms with van der Waals surface area (Å²) in [6.45, 7) is 5.96. The number of hydrogen-bond acceptors (Lipinski definition) is 7. The van der Waals surface area contributed by atoms with Gasteiger partial charge in [0.15, 0.2) is 11.5 Å². The van der Waals surface area contributed by atoms with Gasteiger partial charge in [-0.1, -0.05) is 29.5 Å². The number of anilines is 2. The first-order chi connectivity index (χ1) is 18.1. The van der Waals surface area contributed by atoms with Gasteiger partial charge in [-0.15, -0.1) is 5.10 Å². The summed E-state index contributed by atoms with van der Waals surface area (Å²) in [7, 11) is 3.36. The molecule has 37 heavy (non-hydrogen) atoms. The van der Waals surface area contributed by atoms with Crippen LogP contribution in [0.1, 0.15) is 22.4 Å². The highest BCUT2D eigenvalue weighted by Gasteiger charge is 2.19. The summed E-state index contributed by atoms with van der Waals surface area (Å²) in [5.41, 5.74) is 6.56. The van der Waals surface area contributed by atoms with Crippen molar-refractivity contribution in [1.82, 2.24) is 19.9 Å². The molecule has 8 nitrogen and oxygen atoms in total. The molecule has 0 aliphatic carbocycles. The predicted octanol–water partition coefficient (Wildman–Crippen LogP) is 4.98. The van der Waals surface area contributed by atoms with Gasteiger partial charge in [0.2, 0.25) is 0 Å². The van der Waals surface area contributed by atoms with Gasteiger partial charge < -0.3 is 19.5 Å². The molecule has 1 aliphatic heterocycles. The van der Waals surface area contributed by atoms with Crippen molar-refractivity contribution in [2.24, 2.45) is 0 Å². The predicted molar refractivity (Wildman–Crippen MR) is 144 cm³/mol. The Morgan fingerprint density at radius 2 is 1.70 bits per heavy atom. The van der Waals surface area contributed by atoms with Crippen molar-refractivity contribution in [1.29, 1.82) is 0 Å². The van der Waals surface area contributed by atoms with Crippen LogP contribution in [0.2, 0.25) is 0 Å². The topological polar surface area (TPSA) is 73.7 Å². The summed E-state index contributed by atoms with van der Waals surface area (Å²) in [5.74, 6) is 2.35. The molecule has 1 aliphatic rings. The number of para-hydroxylation sites is 2. The van der Waals surface area contributed by atoms with Gasteiger partial charge in [-0.05, 0) is 66.4 Å². The van der Waals surface area contributed by atoms with E-state index < -0.39 is 0 Å². The molecule has 2 heterocycles. The Balaban J connectivity index is 1.15. The third kappa shape index (κ3) is 6.03. The molecule has 1 aromatic heterocycles. The second-order valence-corrected chi connectivity index (χ2v) is 9.25. The van der Waals surface area contributed by atoms with Crippen molar-refractivity contribution in [2.75, 3.05) is 32.6 Å². The Hall–Kier alpha value is -4.04. The van der Waals surface area contributed by atoms with E-state index in [0.717, 1.165) is 66.9 Å². The van der Waals surface area contributed by atoms with Crippen molar-refractivity contribution in [3.05, 3.63) is 89.2 Å². The van der Waals surface area contributed by atoms with Gasteiger partial charge in [-0.3, -0.25) is 9.58 Å². The van der Waals surface area contributed by atoms with Crippen molar-refractivity contribution in [2.45, 2.75) is 33.0 Å². The first-order valence-corrected chi connectivity index (χ1v) is 12.5. The molecule has 0 bridgehead atoms. The maximum atomic E-state index is 6.10. The standard InChI is InChI=1S/C29H33N5O3/c1-21-7-6-8-24(15-21)30-26-9-4-5-10-27(26)37-20-25-19-34(32-31-25)14-13-33-12-11-22-16-28(35-2)29(36-3)17-23(22)18-33/h4-10,15-17,19,30H,11-14,18,20H2,1-3H3. The Morgan fingerprint density at radius 1 is 0.892 bits per heavy atom. The van der Waals surface area contributed by atoms with Crippen LogP contribution in [0, 0.1) is 6.92 Å². The van der Waals surface area contributed by atoms with E-state index in [1.165, 1.54) is 16.7 Å². The van der Waals surface area contributed by atoms with E-state index in [1.54, 1.807) is 14.2 Å². The van der Waals surface area contributed by atoms with Crippen LogP contribution in [0.3, 0.4) is 0 Å². The molecule has 4 aromatic rings. The number of methoxy groups -OCH3 is 2. The highest BCUT2D eigenvalue weighted by molar-refractivity contribution is 5.66. The maximum absolute atomic E-state index is 6.10. The second-order valence-electron chi connectivity index (χ2n) is 9.25. The van der Waals surface area contributed by atoms with E-state index in [0.29, 0.717) is 6.61 Å². The second kappa shape index (κ2) is 11.3. The van der Waals surface area contributed by atoms with Crippen molar-refractivity contribution in [3.8, 4) is 17.2 Å². The van der Waals surface area contributed by atoms with Crippen LogP contribution in [0.5, 0.6) is 17.2 Å². The minimum absolute atomic E-state index is 0.352. The summed E-state index contributed by atoms with van der Waals surface area (Å²) in [6, 6.07) is 20.4. The Labute approximate surface area is 217 Å². The van der Waals surface area contributed by atoms with Crippen molar-refractivity contribution >= 4 is 11.4 Å². The monoisotopic (exact) mass is 499 g/mol. The van der Waals surface area contributed by atoms with Crippen LogP contribution >= 0.6 is 0 Å². The van der Waals surface area contributed by atoms with E-state index in [4.69, 9.17) is 14.2 Å². The number of aromatic nitrogens is 3. The van der Waals surface area contributed by atoms with Crippen LogP contribution in [0.15, 0.2) is 66.9 Å². The largest absolute Gasteiger partial charge is 0.493 e. The van der Waals surface area contributed by atoms with Crippen LogP contribution in [-0.4, -0.2) is 47.2 Å². The Morgan fingerprint density at radius 3 is 2.51 bits per heavy atom. The summed E-state index contributed by atoms with van der Waals surface area (Å²) >= 11 is 0. The molecular formula is C29H33N5O3. The molecule has 0 fully saturated rings. The van der Waals surface area contributed by atoms with Crippen LogP contribution < -0.4 is 19.5 Å². The van der Waals surface area contributed by atoms with Crippen LogP contribution in [-0.2, 0) is 26.1 Å². The zero-order chi connectivity index (χ0) is 25.6. The highest BCUT2D eigenvalue weighted by atomic mass is 16.5. The molecule has 3 aromatic carbocycles. The van der Waals surface area contributed by atoms with E-state index in [9.17, 15) is 0 Å². The third-order valence-electron chi connectivity index (χ3n) is 6.59. The highest BCUT2D eigenvalue weighted by Crippen LogP contribution is 2.33. The number of nitrogens with one attached hydrogen (secondary N) is 1. The Bertz CT molecular complexity index is 1350. The summed E-state index contributed by atoms with van der Waals surface area (Å²) < 4.78 is 18.9. The van der Waals surface area contributed by atoms with Crippen molar-refractivity contribution < 1.29 is 14.2 Å². The number of benzene rings is 3. The lowest BCUT2D eigenvalue weighted by atomic mass is 9.99. The molecular weight excluding hydrogens is 466 g/mol. The van der Waals surface area contributed by atoms with Gasteiger partial charge >= 0.3 is 0 Å². The average molecular weight is 500 g/mol. The summed E-state index contributed by atoms with van der Waals surface area (Å²) in [4.78, 5) is 2.43. The molecule has 0 amide bonds. The van der Waals surface area contributed by atoms with Gasteiger partial charge in [-0.2, -0.15) is 0 Å². The van der Waals surface area contributed by atoms with Gasteiger partial charge in [0.1, 0.15) is 18.1 Å². The fourth-order valence-corrected chi connectivity index (χ4v) is 4.62. The molecule has 0 spiro atoms. The zero-order valence-corrected chi connectivity index (χ0v) is 21.6. The molecule has 0 radical (unpaired) electrons. The smallest absolute Gasteiger partial charge is 0.161 e. The molecule has 192 valence electrons. The van der Waals surface area contributed by atoms with Gasteiger partial charge in [0.05, 0.1) is 32.6 Å². The fourth-order valence-electron chi connectivity index (χ4n) is 4.62. The number of aryl methyl sites for hydroxylation is 1. The van der Waals surface area contributed by atoms with E-state index in [1.807, 2.05) is 47.3 Å². The lowest BCUT2D eigenvalue weighted by Crippen LogP contribution is -2.33. The first kappa shape index (κ1) is 24.6. The van der Waals surface area contributed by atoms with E-state index >= 15 is 0 Å². The van der Waals surface area contributed by atoms with Crippen LogP contribution in [0.25, 0.3) is 0 Å². The van der Waals surface area contributed by atoms with E-state index in [2.05, 4.69) is 51.7 Å². The third-order valence-corrected chi connectivity index (χ3v) is 6.59. The number of nitrogens with zero attached hydrogens (tertiary/aromatic N) is 4. The molecule has 0 atom stereocenters. The minimum atomic E-state index is 0.352. The molecule has 0 unspecified atom stereocenters. The quantitative estimate of drug-likeness (QED) is 0.330. The lowest BCUT2D eigenvalue weighted by Gasteiger charge is -2.29.